The number of amides is 2. The molecule has 3 N–H and O–H groups in total. The molecule has 1 aliphatic heterocycles. The van der Waals surface area contributed by atoms with E-state index in [0.29, 0.717) is 32.5 Å². The highest BCUT2D eigenvalue weighted by molar-refractivity contribution is 5.97. The van der Waals surface area contributed by atoms with Crippen molar-refractivity contribution in [1.29, 1.82) is 0 Å². The Balaban J connectivity index is 0.00000338. The van der Waals surface area contributed by atoms with Crippen LogP contribution in [0.5, 0.6) is 5.75 Å². The van der Waals surface area contributed by atoms with Crippen LogP contribution in [0.4, 0.5) is 13.2 Å². The Labute approximate surface area is 155 Å². The maximum atomic E-state index is 13.3. The Bertz CT molecular complexity index is 634. The Hall–Kier alpha value is -2.00. The molecule has 1 unspecified atom stereocenters. The number of piperidine rings is 1. The molecule has 2 amide bonds. The molecule has 1 aromatic carbocycles. The van der Waals surface area contributed by atoms with Crippen LogP contribution in [-0.2, 0) is 4.79 Å². The zero-order chi connectivity index (χ0) is 18.4. The lowest BCUT2D eigenvalue weighted by atomic mass is 9.96. The Morgan fingerprint density at radius 2 is 2.12 bits per heavy atom. The van der Waals surface area contributed by atoms with Gasteiger partial charge in [-0.15, -0.1) is 12.4 Å². The summed E-state index contributed by atoms with van der Waals surface area (Å²) in [6, 6.07) is 2.85. The number of nitrogens with one attached hydrogen (secondary N) is 1. The van der Waals surface area contributed by atoms with Gasteiger partial charge in [0.15, 0.2) is 0 Å². The van der Waals surface area contributed by atoms with Gasteiger partial charge in [0.05, 0.1) is 11.5 Å². The summed E-state index contributed by atoms with van der Waals surface area (Å²) < 4.78 is 42.5. The molecule has 2 rings (SSSR count). The summed E-state index contributed by atoms with van der Waals surface area (Å²) in [5.41, 5.74) is 5.18. The van der Waals surface area contributed by atoms with Gasteiger partial charge in [0.25, 0.3) is 5.91 Å². The van der Waals surface area contributed by atoms with E-state index < -0.39 is 30.0 Å². The van der Waals surface area contributed by atoms with Crippen molar-refractivity contribution >= 4 is 24.2 Å². The molecule has 10 heteroatoms. The molecular formula is C16H21ClF3N3O3. The van der Waals surface area contributed by atoms with E-state index in [9.17, 15) is 22.8 Å². The third kappa shape index (κ3) is 5.77. The maximum absolute atomic E-state index is 13.3. The molecule has 0 radical (unpaired) electrons. The summed E-state index contributed by atoms with van der Waals surface area (Å²) in [7, 11) is 0. The second-order valence-electron chi connectivity index (χ2n) is 5.69. The summed E-state index contributed by atoms with van der Waals surface area (Å²) >= 11 is 0. The van der Waals surface area contributed by atoms with Crippen LogP contribution in [0.2, 0.25) is 0 Å². The first-order chi connectivity index (χ1) is 11.9. The van der Waals surface area contributed by atoms with Gasteiger partial charge < -0.3 is 20.7 Å². The van der Waals surface area contributed by atoms with Crippen LogP contribution >= 0.6 is 12.4 Å². The third-order valence-corrected chi connectivity index (χ3v) is 3.91. The van der Waals surface area contributed by atoms with Crippen LogP contribution in [0.3, 0.4) is 0 Å². The molecule has 1 aromatic rings. The van der Waals surface area contributed by atoms with E-state index in [1.54, 1.807) is 0 Å². The Morgan fingerprint density at radius 3 is 2.77 bits per heavy atom. The van der Waals surface area contributed by atoms with Crippen molar-refractivity contribution in [3.63, 3.8) is 0 Å². The van der Waals surface area contributed by atoms with E-state index in [2.05, 4.69) is 10.1 Å². The first-order valence-electron chi connectivity index (χ1n) is 7.93. The topological polar surface area (TPSA) is 84.7 Å². The second kappa shape index (κ2) is 10.2. The number of nitrogens with two attached hydrogens (primary N) is 1. The average Bonchev–Trinajstić information content (AvgIpc) is 2.59. The van der Waals surface area contributed by atoms with E-state index in [0.717, 1.165) is 18.2 Å². The molecule has 146 valence electrons. The zero-order valence-electron chi connectivity index (χ0n) is 13.9. The monoisotopic (exact) mass is 395 g/mol. The molecular weight excluding hydrogens is 375 g/mol. The molecule has 0 bridgehead atoms. The second-order valence-corrected chi connectivity index (χ2v) is 5.69. The van der Waals surface area contributed by atoms with Crippen LogP contribution in [0, 0.1) is 11.7 Å². The minimum atomic E-state index is -3.18. The van der Waals surface area contributed by atoms with Crippen molar-refractivity contribution in [3.05, 3.63) is 29.6 Å². The van der Waals surface area contributed by atoms with E-state index in [1.165, 1.54) is 4.90 Å². The van der Waals surface area contributed by atoms with E-state index in [-0.39, 0.29) is 30.4 Å². The van der Waals surface area contributed by atoms with Gasteiger partial charge in [-0.1, -0.05) is 0 Å². The minimum absolute atomic E-state index is 0. The number of nitrogens with zero attached hydrogens (tertiary/aromatic N) is 1. The minimum Gasteiger partial charge on any atom is -0.434 e. The molecule has 1 atom stereocenters. The predicted molar refractivity (Wildman–Crippen MR) is 91.0 cm³/mol. The van der Waals surface area contributed by atoms with Gasteiger partial charge in [-0.05, 0) is 25.0 Å². The summed E-state index contributed by atoms with van der Waals surface area (Å²) in [4.78, 5) is 26.1. The van der Waals surface area contributed by atoms with Crippen LogP contribution in [0.1, 0.15) is 23.2 Å². The number of hydrogen-bond acceptors (Lipinski definition) is 4. The smallest absolute Gasteiger partial charge is 0.387 e. The van der Waals surface area contributed by atoms with E-state index in [4.69, 9.17) is 5.73 Å². The summed E-state index contributed by atoms with van der Waals surface area (Å²) in [5, 5.41) is 2.67. The Morgan fingerprint density at radius 1 is 1.38 bits per heavy atom. The fraction of sp³-hybridized carbons (Fsp3) is 0.500. The standard InChI is InChI=1S/C16H20F3N3O3.ClH/c17-11-3-4-12(13(8-11)25-16(18)19)15(24)22-7-1-2-10(9-22)14(23)21-6-5-20;/h3-4,8,10,16H,1-2,5-7,9,20H2,(H,21,23);1H. The first kappa shape index (κ1) is 22.0. The number of benzene rings is 1. The fourth-order valence-corrected chi connectivity index (χ4v) is 2.75. The summed E-state index contributed by atoms with van der Waals surface area (Å²) in [6.07, 6.45) is 1.21. The van der Waals surface area contributed by atoms with Gasteiger partial charge in [-0.25, -0.2) is 4.39 Å². The quantitative estimate of drug-likeness (QED) is 0.769. The van der Waals surface area contributed by atoms with Crippen molar-refractivity contribution in [3.8, 4) is 5.75 Å². The lowest BCUT2D eigenvalue weighted by Gasteiger charge is -2.32. The normalized spacial score (nSPS) is 16.8. The predicted octanol–water partition coefficient (Wildman–Crippen LogP) is 1.78. The van der Waals surface area contributed by atoms with E-state index in [1.807, 2.05) is 0 Å². The molecule has 1 aliphatic rings. The lowest BCUT2D eigenvalue weighted by molar-refractivity contribution is -0.126. The number of rotatable bonds is 6. The molecule has 26 heavy (non-hydrogen) atoms. The van der Waals surface area contributed by atoms with Gasteiger partial charge in [-0.3, -0.25) is 9.59 Å². The van der Waals surface area contributed by atoms with Crippen LogP contribution in [0.15, 0.2) is 18.2 Å². The van der Waals surface area contributed by atoms with Crippen molar-refractivity contribution in [2.75, 3.05) is 26.2 Å². The van der Waals surface area contributed by atoms with Gasteiger partial charge in [0.2, 0.25) is 5.91 Å². The van der Waals surface area contributed by atoms with Crippen molar-refractivity contribution in [1.82, 2.24) is 10.2 Å². The summed E-state index contributed by atoms with van der Waals surface area (Å²) in [5.74, 6) is -2.48. The van der Waals surface area contributed by atoms with Crippen LogP contribution < -0.4 is 15.8 Å². The van der Waals surface area contributed by atoms with Gasteiger partial charge in [0, 0.05) is 32.2 Å². The molecule has 1 heterocycles. The molecule has 1 fully saturated rings. The number of halogens is 4. The fourth-order valence-electron chi connectivity index (χ4n) is 2.75. The number of carbonyl (C=O) groups excluding carboxylic acids is 2. The van der Waals surface area contributed by atoms with Crippen molar-refractivity contribution in [2.24, 2.45) is 11.7 Å². The largest absolute Gasteiger partial charge is 0.434 e. The first-order valence-corrected chi connectivity index (χ1v) is 7.93. The summed E-state index contributed by atoms with van der Waals surface area (Å²) in [6.45, 7) is -1.99. The highest BCUT2D eigenvalue weighted by Crippen LogP contribution is 2.26. The number of alkyl halides is 2. The SMILES string of the molecule is Cl.NCCNC(=O)C1CCCN(C(=O)c2ccc(F)cc2OC(F)F)C1. The molecule has 0 aromatic heterocycles. The number of ether oxygens (including phenoxy) is 1. The maximum Gasteiger partial charge on any atom is 0.387 e. The van der Waals surface area contributed by atoms with Gasteiger partial charge in [0.1, 0.15) is 11.6 Å². The highest BCUT2D eigenvalue weighted by atomic mass is 35.5. The zero-order valence-corrected chi connectivity index (χ0v) is 14.7. The number of hydrogen-bond donors (Lipinski definition) is 2. The van der Waals surface area contributed by atoms with Crippen LogP contribution in [-0.4, -0.2) is 49.5 Å². The lowest BCUT2D eigenvalue weighted by Crippen LogP contribution is -2.46. The van der Waals surface area contributed by atoms with Gasteiger partial charge >= 0.3 is 6.61 Å². The van der Waals surface area contributed by atoms with Gasteiger partial charge in [-0.2, -0.15) is 8.78 Å². The molecule has 0 spiro atoms. The third-order valence-electron chi connectivity index (χ3n) is 3.91. The molecule has 0 saturated carbocycles. The van der Waals surface area contributed by atoms with Crippen molar-refractivity contribution in [2.45, 2.75) is 19.5 Å². The van der Waals surface area contributed by atoms with Crippen LogP contribution in [0.25, 0.3) is 0 Å². The van der Waals surface area contributed by atoms with E-state index >= 15 is 0 Å². The number of carbonyl (C=O) groups is 2. The van der Waals surface area contributed by atoms with Crippen molar-refractivity contribution < 1.29 is 27.5 Å². The molecule has 1 saturated heterocycles. The average molecular weight is 396 g/mol. The molecule has 6 nitrogen and oxygen atoms in total. The number of likely N-dealkylation sites (tertiary alicyclic amines) is 1. The molecule has 0 aliphatic carbocycles. The Kier molecular flexibility index (Phi) is 8.67. The highest BCUT2D eigenvalue weighted by Gasteiger charge is 2.30.